The molecule has 13 nitrogen and oxygen atoms in total. The molecule has 0 bridgehead atoms. The SMILES string of the molecule is CC(C)(C)OC(=O)NC(CCO[Si](c1ccccc1)(c1ccccc1)C(C)(C)C)Cc1ccc(-c2cn3c(n2)C(C)(C)OCC3)cc1.CC1(C)OCCn2cc(-c3ccc(CC(N)CCO)cc3)nc21.CO. The number of nitrogens with zero attached hydrogens (tertiary/aromatic N) is 4. The van der Waals surface area contributed by atoms with Crippen LogP contribution in [0.3, 0.4) is 0 Å². The fourth-order valence-electron chi connectivity index (χ4n) is 9.63. The third-order valence-electron chi connectivity index (χ3n) is 13.1. The lowest BCUT2D eigenvalue weighted by Crippen LogP contribution is -2.66. The number of hydrogen-bond donors (Lipinski definition) is 4. The number of alkyl carbamates (subject to hydrolysis) is 1. The van der Waals surface area contributed by atoms with Gasteiger partial charge in [-0.05, 0) is 101 Å². The summed E-state index contributed by atoms with van der Waals surface area (Å²) in [5.74, 6) is 1.93. The lowest BCUT2D eigenvalue weighted by molar-refractivity contribution is -0.0541. The molecule has 5 N–H and O–H groups in total. The number of aliphatic hydroxyl groups excluding tert-OH is 2. The average Bonchev–Trinajstić information content (AvgIpc) is 3.99. The van der Waals surface area contributed by atoms with Gasteiger partial charge in [-0.25, -0.2) is 14.8 Å². The van der Waals surface area contributed by atoms with Crippen LogP contribution >= 0.6 is 0 Å². The zero-order valence-corrected chi connectivity index (χ0v) is 45.6. The number of fused-ring (bicyclic) bond motifs is 2. The van der Waals surface area contributed by atoms with E-state index < -0.39 is 25.6 Å². The summed E-state index contributed by atoms with van der Waals surface area (Å²) in [6, 6.07) is 37.9. The van der Waals surface area contributed by atoms with Crippen LogP contribution in [0.2, 0.25) is 5.04 Å². The number of aliphatic hydroxyl groups is 2. The Labute approximate surface area is 429 Å². The van der Waals surface area contributed by atoms with E-state index in [4.69, 9.17) is 44.6 Å². The molecule has 72 heavy (non-hydrogen) atoms. The molecule has 2 aliphatic heterocycles. The van der Waals surface area contributed by atoms with E-state index in [1.54, 1.807) is 0 Å². The van der Waals surface area contributed by atoms with Gasteiger partial charge in [-0.2, -0.15) is 0 Å². The molecule has 0 spiro atoms. The first-order valence-corrected chi connectivity index (χ1v) is 27.3. The summed E-state index contributed by atoms with van der Waals surface area (Å²) in [7, 11) is -1.71. The van der Waals surface area contributed by atoms with Crippen molar-refractivity contribution in [1.29, 1.82) is 0 Å². The molecule has 6 aromatic rings. The number of hydrogen-bond acceptors (Lipinski definition) is 10. The first-order chi connectivity index (χ1) is 34.2. The molecule has 4 aromatic carbocycles. The fraction of sp³-hybridized carbons (Fsp3) is 0.466. The van der Waals surface area contributed by atoms with Gasteiger partial charge < -0.3 is 49.0 Å². The van der Waals surface area contributed by atoms with E-state index in [0.717, 1.165) is 73.0 Å². The number of ether oxygens (including phenoxy) is 3. The topological polar surface area (TPSA) is 168 Å². The highest BCUT2D eigenvalue weighted by molar-refractivity contribution is 6.99. The van der Waals surface area contributed by atoms with Crippen molar-refractivity contribution in [2.24, 2.45) is 5.73 Å². The maximum Gasteiger partial charge on any atom is 0.407 e. The Bertz CT molecular complexity index is 2580. The smallest absolute Gasteiger partial charge is 0.407 e. The maximum atomic E-state index is 13.0. The first-order valence-electron chi connectivity index (χ1n) is 25.3. The Morgan fingerprint density at radius 3 is 1.56 bits per heavy atom. The summed E-state index contributed by atoms with van der Waals surface area (Å²) in [4.78, 5) is 22.7. The lowest BCUT2D eigenvalue weighted by Gasteiger charge is -2.43. The molecule has 1 amide bonds. The van der Waals surface area contributed by atoms with Crippen molar-refractivity contribution in [3.05, 3.63) is 144 Å². The van der Waals surface area contributed by atoms with Crippen LogP contribution < -0.4 is 21.4 Å². The van der Waals surface area contributed by atoms with E-state index >= 15 is 0 Å². The molecule has 2 aliphatic rings. The summed E-state index contributed by atoms with van der Waals surface area (Å²) in [6.07, 6.45) is 6.48. The molecule has 4 heterocycles. The van der Waals surface area contributed by atoms with Crippen LogP contribution in [0, 0.1) is 0 Å². The lowest BCUT2D eigenvalue weighted by atomic mass is 10.0. The molecule has 0 saturated heterocycles. The highest BCUT2D eigenvalue weighted by Gasteiger charge is 2.50. The van der Waals surface area contributed by atoms with Gasteiger partial charge in [0.05, 0.1) is 24.6 Å². The molecule has 14 heteroatoms. The maximum absolute atomic E-state index is 13.0. The quantitative estimate of drug-likeness (QED) is 0.0730. The second-order valence-electron chi connectivity index (χ2n) is 21.7. The van der Waals surface area contributed by atoms with Gasteiger partial charge in [0.15, 0.2) is 0 Å². The Morgan fingerprint density at radius 2 is 1.15 bits per heavy atom. The molecule has 0 radical (unpaired) electrons. The number of aromatic nitrogens is 4. The zero-order chi connectivity index (χ0) is 52.3. The van der Waals surface area contributed by atoms with Crippen molar-refractivity contribution in [1.82, 2.24) is 24.4 Å². The summed E-state index contributed by atoms with van der Waals surface area (Å²) >= 11 is 0. The van der Waals surface area contributed by atoms with Crippen molar-refractivity contribution >= 4 is 24.8 Å². The van der Waals surface area contributed by atoms with Gasteiger partial charge in [0.25, 0.3) is 8.32 Å². The molecular weight excluding hydrogens is 921 g/mol. The average molecular weight is 1000 g/mol. The predicted octanol–water partition coefficient (Wildman–Crippen LogP) is 8.89. The Morgan fingerprint density at radius 1 is 0.708 bits per heavy atom. The van der Waals surface area contributed by atoms with Gasteiger partial charge in [0.2, 0.25) is 0 Å². The highest BCUT2D eigenvalue weighted by atomic mass is 28.4. The number of nitrogens with two attached hydrogens (primary N) is 1. The van der Waals surface area contributed by atoms with Crippen molar-refractivity contribution in [2.45, 2.75) is 142 Å². The molecule has 0 fully saturated rings. The predicted molar refractivity (Wildman–Crippen MR) is 290 cm³/mol. The third kappa shape index (κ3) is 14.0. The summed E-state index contributed by atoms with van der Waals surface area (Å²) in [5.41, 5.74) is 11.0. The number of carbonyl (C=O) groups is 1. The summed E-state index contributed by atoms with van der Waals surface area (Å²) in [6.45, 7) is 24.4. The monoisotopic (exact) mass is 1000 g/mol. The van der Waals surface area contributed by atoms with Crippen molar-refractivity contribution < 1.29 is 33.6 Å². The molecule has 0 aliphatic carbocycles. The van der Waals surface area contributed by atoms with E-state index in [1.165, 1.54) is 15.9 Å². The van der Waals surface area contributed by atoms with Crippen LogP contribution in [0.4, 0.5) is 4.79 Å². The minimum atomic E-state index is -2.71. The van der Waals surface area contributed by atoms with E-state index in [1.807, 2.05) is 20.8 Å². The van der Waals surface area contributed by atoms with Gasteiger partial charge in [0, 0.05) is 69.0 Å². The number of rotatable bonds is 15. The number of imidazole rings is 2. The van der Waals surface area contributed by atoms with E-state index in [2.05, 4.69) is 185 Å². The third-order valence-corrected chi connectivity index (χ3v) is 18.2. The molecular formula is C58H80N6O7Si. The van der Waals surface area contributed by atoms with Crippen LogP contribution in [0.15, 0.2) is 122 Å². The molecule has 388 valence electrons. The number of benzene rings is 4. The molecule has 8 rings (SSSR count). The van der Waals surface area contributed by atoms with Crippen molar-refractivity contribution in [2.75, 3.05) is 33.5 Å². The first kappa shape index (κ1) is 55.9. The van der Waals surface area contributed by atoms with Crippen LogP contribution in [0.25, 0.3) is 22.5 Å². The summed E-state index contributed by atoms with van der Waals surface area (Å²) in [5, 5.41) is 21.4. The zero-order valence-electron chi connectivity index (χ0n) is 44.6. The van der Waals surface area contributed by atoms with Gasteiger partial charge in [0.1, 0.15) is 28.5 Å². The minimum absolute atomic E-state index is 0.00344. The van der Waals surface area contributed by atoms with Crippen LogP contribution in [0.5, 0.6) is 0 Å². The molecule has 0 saturated carbocycles. The largest absolute Gasteiger partial charge is 0.444 e. The molecule has 2 atom stereocenters. The Balaban J connectivity index is 0.000000282. The number of carbonyl (C=O) groups excluding carboxylic acids is 1. The van der Waals surface area contributed by atoms with Crippen molar-refractivity contribution in [3.8, 4) is 22.5 Å². The Hall–Kier alpha value is -5.45. The van der Waals surface area contributed by atoms with Crippen molar-refractivity contribution in [3.63, 3.8) is 0 Å². The summed E-state index contributed by atoms with van der Waals surface area (Å²) < 4.78 is 29.0. The normalized spacial score (nSPS) is 15.9. The number of nitrogens with one attached hydrogen (secondary N) is 1. The van der Waals surface area contributed by atoms with Gasteiger partial charge in [-0.15, -0.1) is 0 Å². The highest BCUT2D eigenvalue weighted by Crippen LogP contribution is 2.37. The van der Waals surface area contributed by atoms with Gasteiger partial charge in [-0.3, -0.25) is 0 Å². The second kappa shape index (κ2) is 24.1. The van der Waals surface area contributed by atoms with Crippen LogP contribution in [0.1, 0.15) is 105 Å². The second-order valence-corrected chi connectivity index (χ2v) is 26.0. The van der Waals surface area contributed by atoms with Gasteiger partial charge in [-0.1, -0.05) is 130 Å². The van der Waals surface area contributed by atoms with E-state index in [0.29, 0.717) is 32.5 Å². The number of amides is 1. The van der Waals surface area contributed by atoms with Crippen LogP contribution in [-0.4, -0.2) is 94.9 Å². The Kier molecular flexibility index (Phi) is 18.7. The van der Waals surface area contributed by atoms with E-state index in [9.17, 15) is 4.79 Å². The van der Waals surface area contributed by atoms with Gasteiger partial charge >= 0.3 is 6.09 Å². The molecule has 2 aromatic heterocycles. The van der Waals surface area contributed by atoms with Crippen LogP contribution in [-0.2, 0) is 55.8 Å². The standard InChI is InChI=1S/C39H51N3O4Si.C18H25N3O2.CH4O/c1-37(2,3)46-36(43)40-31(27-29-19-21-30(22-20-29)34-28-42-24-26-44-39(7,8)35(42)41-34)23-25-45-47(38(4,5)6,32-15-11-9-12-16-32)33-17-13-10-14-18-33;1-18(2)17-20-16(12-21(17)8-10-23-18)14-5-3-13(4-6-14)11-15(19)7-9-22;1-2/h9-22,28,31H,23-27H2,1-8H3,(H,40,43);3-6,12,15,22H,7-11,19H2,1-2H3;2H,1H3. The molecule has 2 unspecified atom stereocenters. The minimum Gasteiger partial charge on any atom is -0.444 e. The fourth-order valence-corrected chi connectivity index (χ4v) is 14.2. The van der Waals surface area contributed by atoms with E-state index in [-0.39, 0.29) is 29.3 Å².